The number of para-hydroxylation sites is 1. The molecule has 3 aromatic rings. The number of hydrogen-bond donors (Lipinski definition) is 2. The molecule has 0 bridgehead atoms. The summed E-state index contributed by atoms with van der Waals surface area (Å²) in [5, 5.41) is 9.77. The molecule has 1 aliphatic heterocycles. The second-order valence-electron chi connectivity index (χ2n) is 12.2. The van der Waals surface area contributed by atoms with Crippen molar-refractivity contribution >= 4 is 29.3 Å². The molecule has 2 fully saturated rings. The highest BCUT2D eigenvalue weighted by atomic mass is 32.2. The number of nitrogens with zero attached hydrogens (tertiary/aromatic N) is 1. The van der Waals surface area contributed by atoms with Gasteiger partial charge in [-0.05, 0) is 93.3 Å². The molecule has 7 heteroatoms. The predicted octanol–water partition coefficient (Wildman–Crippen LogP) is 7.97. The molecule has 0 amide bonds. The maximum atomic E-state index is 11.9. The first-order chi connectivity index (χ1) is 20.9. The number of anilines is 2. The fraction of sp³-hybridized carbons (Fsp3) is 0.417. The van der Waals surface area contributed by atoms with Gasteiger partial charge in [0.05, 0.1) is 17.4 Å². The van der Waals surface area contributed by atoms with Gasteiger partial charge in [-0.25, -0.2) is 0 Å². The highest BCUT2D eigenvalue weighted by Crippen LogP contribution is 2.46. The molecule has 0 radical (unpaired) electrons. The lowest BCUT2D eigenvalue weighted by molar-refractivity contribution is -0.141. The van der Waals surface area contributed by atoms with Gasteiger partial charge in [-0.3, -0.25) is 9.52 Å². The van der Waals surface area contributed by atoms with E-state index in [0.717, 1.165) is 34.1 Å². The van der Waals surface area contributed by atoms with E-state index >= 15 is 0 Å². The molecule has 0 unspecified atom stereocenters. The largest absolute Gasteiger partial charge is 0.491 e. The van der Waals surface area contributed by atoms with Crippen LogP contribution in [0.25, 0.3) is 0 Å². The number of nitrogens with one attached hydrogen (secondary N) is 1. The Hall–Kier alpha value is -3.60. The highest BCUT2D eigenvalue weighted by molar-refractivity contribution is 7.97. The second kappa shape index (κ2) is 13.0. The summed E-state index contributed by atoms with van der Waals surface area (Å²) < 4.78 is 16.2. The number of rotatable bonds is 8. The molecule has 1 atom stereocenters. The summed E-state index contributed by atoms with van der Waals surface area (Å²) >= 11 is 1.66. The predicted molar refractivity (Wildman–Crippen MR) is 172 cm³/mol. The smallest absolute Gasteiger partial charge is 0.321 e. The Balaban J connectivity index is 1.37. The van der Waals surface area contributed by atoms with Gasteiger partial charge in [0.15, 0.2) is 0 Å². The SMILES string of the molecule is CC(C)Oc1cccc(COc2cc3c(cc2C#CC2(C(=O)O)CC2)SN[C@H](C2CCCCC2)CN3c2ccccc2)c1. The van der Waals surface area contributed by atoms with E-state index in [1.165, 1.54) is 32.1 Å². The van der Waals surface area contributed by atoms with E-state index in [-0.39, 0.29) is 6.10 Å². The molecule has 0 aromatic heterocycles. The number of carbonyl (C=O) groups is 1. The Morgan fingerprint density at radius 2 is 1.86 bits per heavy atom. The van der Waals surface area contributed by atoms with Crippen LogP contribution in [0, 0.1) is 23.2 Å². The molecule has 2 saturated carbocycles. The maximum absolute atomic E-state index is 11.9. The molecule has 0 spiro atoms. The van der Waals surface area contributed by atoms with E-state index < -0.39 is 11.4 Å². The number of carboxylic acids is 1. The molecular formula is C36H40N2O4S. The second-order valence-corrected chi connectivity index (χ2v) is 13.1. The molecule has 6 rings (SSSR count). The summed E-state index contributed by atoms with van der Waals surface area (Å²) in [5.74, 6) is 7.56. The Kier molecular flexibility index (Phi) is 8.88. The van der Waals surface area contributed by atoms with Crippen molar-refractivity contribution in [2.75, 3.05) is 11.4 Å². The van der Waals surface area contributed by atoms with Crippen molar-refractivity contribution in [1.29, 1.82) is 0 Å². The van der Waals surface area contributed by atoms with Crippen molar-refractivity contribution in [3.63, 3.8) is 0 Å². The van der Waals surface area contributed by atoms with Crippen LogP contribution in [0.3, 0.4) is 0 Å². The van der Waals surface area contributed by atoms with E-state index in [1.807, 2.05) is 44.2 Å². The van der Waals surface area contributed by atoms with Crippen LogP contribution in [0.5, 0.6) is 11.5 Å². The van der Waals surface area contributed by atoms with E-state index in [4.69, 9.17) is 9.47 Å². The van der Waals surface area contributed by atoms with E-state index in [9.17, 15) is 9.90 Å². The Morgan fingerprint density at radius 1 is 1.07 bits per heavy atom. The standard InChI is InChI=1S/C36H40N2O4S/c1-25(2)42-30-15-9-10-26(20-30)24-41-33-22-32-34(21-28(33)16-17-36(18-19-36)35(39)40)43-37-31(27-11-5-3-6-12-27)23-38(32)29-13-7-4-8-14-29/h4,7-10,13-15,20-22,25,27,31,37H,3,5-6,11-12,18-19,23-24H2,1-2H3,(H,39,40)/t31-/m0/s1. The van der Waals surface area contributed by atoms with Gasteiger partial charge in [0.1, 0.15) is 23.5 Å². The highest BCUT2D eigenvalue weighted by Gasteiger charge is 2.49. The molecule has 6 nitrogen and oxygen atoms in total. The Labute approximate surface area is 259 Å². The Bertz CT molecular complexity index is 1500. The molecule has 2 aliphatic carbocycles. The summed E-state index contributed by atoms with van der Waals surface area (Å²) in [6.07, 6.45) is 7.65. The first-order valence-corrected chi connectivity index (χ1v) is 16.3. The summed E-state index contributed by atoms with van der Waals surface area (Å²) in [5.41, 5.74) is 2.96. The topological polar surface area (TPSA) is 71.0 Å². The quantitative estimate of drug-likeness (QED) is 0.202. The van der Waals surface area contributed by atoms with Crippen molar-refractivity contribution < 1.29 is 19.4 Å². The molecule has 3 aliphatic rings. The van der Waals surface area contributed by atoms with Gasteiger partial charge in [-0.15, -0.1) is 0 Å². The first-order valence-electron chi connectivity index (χ1n) is 15.5. The number of carboxylic acid groups (broad SMARTS) is 1. The lowest BCUT2D eigenvalue weighted by Crippen LogP contribution is -2.41. The van der Waals surface area contributed by atoms with Crippen LogP contribution in [0.15, 0.2) is 71.6 Å². The molecule has 43 heavy (non-hydrogen) atoms. The van der Waals surface area contributed by atoms with E-state index in [2.05, 4.69) is 57.9 Å². The summed E-state index contributed by atoms with van der Waals surface area (Å²) in [7, 11) is 0. The van der Waals surface area contributed by atoms with Crippen molar-refractivity contribution in [2.24, 2.45) is 11.3 Å². The van der Waals surface area contributed by atoms with E-state index in [1.54, 1.807) is 11.9 Å². The van der Waals surface area contributed by atoms with Crippen LogP contribution in [0.2, 0.25) is 0 Å². The average molecular weight is 597 g/mol. The van der Waals surface area contributed by atoms with Gasteiger partial charge in [-0.1, -0.05) is 61.4 Å². The minimum absolute atomic E-state index is 0.0825. The number of ether oxygens (including phenoxy) is 2. The van der Waals surface area contributed by atoms with Crippen LogP contribution in [-0.4, -0.2) is 29.8 Å². The fourth-order valence-corrected chi connectivity index (χ4v) is 7.01. The van der Waals surface area contributed by atoms with Crippen LogP contribution < -0.4 is 19.1 Å². The average Bonchev–Trinajstić information content (AvgIpc) is 3.84. The monoisotopic (exact) mass is 596 g/mol. The zero-order chi connectivity index (χ0) is 29.8. The third-order valence-electron chi connectivity index (χ3n) is 8.60. The van der Waals surface area contributed by atoms with Gasteiger partial charge in [0, 0.05) is 29.2 Å². The van der Waals surface area contributed by atoms with Gasteiger partial charge in [0.25, 0.3) is 0 Å². The lowest BCUT2D eigenvalue weighted by atomic mass is 9.84. The normalized spacial score (nSPS) is 19.5. The van der Waals surface area contributed by atoms with Gasteiger partial charge in [0.2, 0.25) is 0 Å². The number of fused-ring (bicyclic) bond motifs is 1. The van der Waals surface area contributed by atoms with Gasteiger partial charge < -0.3 is 19.5 Å². The van der Waals surface area contributed by atoms with Crippen molar-refractivity contribution in [3.05, 3.63) is 77.9 Å². The summed E-state index contributed by atoms with van der Waals surface area (Å²) in [4.78, 5) is 15.4. The van der Waals surface area contributed by atoms with Crippen LogP contribution in [0.1, 0.15) is 69.9 Å². The van der Waals surface area contributed by atoms with Gasteiger partial charge in [-0.2, -0.15) is 0 Å². The minimum Gasteiger partial charge on any atom is -0.491 e. The molecule has 1 heterocycles. The Morgan fingerprint density at radius 3 is 2.58 bits per heavy atom. The van der Waals surface area contributed by atoms with Crippen LogP contribution >= 0.6 is 11.9 Å². The van der Waals surface area contributed by atoms with Crippen LogP contribution in [-0.2, 0) is 11.4 Å². The number of benzene rings is 3. The molecule has 3 aromatic carbocycles. The zero-order valence-corrected chi connectivity index (χ0v) is 25.8. The van der Waals surface area contributed by atoms with E-state index in [0.29, 0.717) is 42.7 Å². The molecule has 0 saturated heterocycles. The summed E-state index contributed by atoms with van der Waals surface area (Å²) in [6, 6.07) is 23.0. The van der Waals surface area contributed by atoms with Crippen molar-refractivity contribution in [1.82, 2.24) is 4.72 Å². The van der Waals surface area contributed by atoms with Gasteiger partial charge >= 0.3 is 5.97 Å². The summed E-state index contributed by atoms with van der Waals surface area (Å²) in [6.45, 7) is 5.22. The third kappa shape index (κ3) is 6.98. The minimum atomic E-state index is -0.944. The zero-order valence-electron chi connectivity index (χ0n) is 25.0. The number of hydrogen-bond acceptors (Lipinski definition) is 6. The van der Waals surface area contributed by atoms with Crippen LogP contribution in [0.4, 0.5) is 11.4 Å². The van der Waals surface area contributed by atoms with Crippen molar-refractivity contribution in [3.8, 4) is 23.3 Å². The number of aliphatic carboxylic acids is 1. The molecule has 2 N–H and O–H groups in total. The molecule has 224 valence electrons. The maximum Gasteiger partial charge on any atom is 0.321 e. The lowest BCUT2D eigenvalue weighted by Gasteiger charge is -2.33. The fourth-order valence-electron chi connectivity index (χ4n) is 6.01. The third-order valence-corrected chi connectivity index (χ3v) is 9.57. The first kappa shape index (κ1) is 29.5. The molecular weight excluding hydrogens is 556 g/mol. The van der Waals surface area contributed by atoms with Crippen molar-refractivity contribution in [2.45, 2.75) is 82.4 Å².